The molecule has 0 saturated carbocycles. The van der Waals surface area contributed by atoms with Crippen LogP contribution in [-0.4, -0.2) is 21.2 Å². The molecule has 0 bridgehead atoms. The molecule has 2 aromatic carbocycles. The fourth-order valence-electron chi connectivity index (χ4n) is 2.46. The van der Waals surface area contributed by atoms with Crippen molar-refractivity contribution in [2.24, 2.45) is 0 Å². The van der Waals surface area contributed by atoms with Crippen molar-refractivity contribution in [3.63, 3.8) is 0 Å². The number of nitrogens with zero attached hydrogens (tertiary/aromatic N) is 2. The Balaban J connectivity index is 1.70. The number of amides is 1. The zero-order valence-electron chi connectivity index (χ0n) is 12.9. The second-order valence-corrected chi connectivity index (χ2v) is 6.25. The highest BCUT2D eigenvalue weighted by molar-refractivity contribution is 7.99. The molecule has 0 atom stereocenters. The Morgan fingerprint density at radius 2 is 1.92 bits per heavy atom. The van der Waals surface area contributed by atoms with E-state index in [0.29, 0.717) is 22.3 Å². The Bertz CT molecular complexity index is 862. The minimum atomic E-state index is -2.46. The zero-order valence-corrected chi connectivity index (χ0v) is 13.7. The maximum Gasteiger partial charge on any atom is 0.288 e. The zero-order chi connectivity index (χ0) is 17.1. The number of carbonyl (C=O) groups excluding carboxylic acids is 1. The van der Waals surface area contributed by atoms with Gasteiger partial charge in [0.25, 0.3) is 5.76 Å². The minimum Gasteiger partial charge on any atom is -0.325 e. The van der Waals surface area contributed by atoms with Gasteiger partial charge in [-0.3, -0.25) is 4.79 Å². The average Bonchev–Trinajstić information content (AvgIpc) is 2.85. The monoisotopic (exact) mass is 347 g/mol. The van der Waals surface area contributed by atoms with Crippen molar-refractivity contribution in [2.45, 2.75) is 24.1 Å². The van der Waals surface area contributed by atoms with Gasteiger partial charge in [0, 0.05) is 10.6 Å². The molecule has 0 aliphatic carbocycles. The molecule has 124 valence electrons. The number of hydrogen-bond donors (Lipinski definition) is 1. The number of aromatic nitrogens is 2. The standard InChI is InChI=1S/C17H15F2N3OS/c1-11-20-14-4-2-3-5-15(14)22(11)10-16(23)21-12-6-8-13(9-7-12)24-17(18)19/h2-9,17H,10H2,1H3,(H,21,23). The summed E-state index contributed by atoms with van der Waals surface area (Å²) in [5.41, 5.74) is 2.31. The van der Waals surface area contributed by atoms with E-state index in [1.807, 2.05) is 35.8 Å². The average molecular weight is 347 g/mol. The van der Waals surface area contributed by atoms with Crippen molar-refractivity contribution >= 4 is 34.4 Å². The predicted octanol–water partition coefficient (Wildman–Crippen LogP) is 4.30. The van der Waals surface area contributed by atoms with E-state index >= 15 is 0 Å². The van der Waals surface area contributed by atoms with Crippen molar-refractivity contribution in [1.82, 2.24) is 9.55 Å². The Hall–Kier alpha value is -2.41. The molecular weight excluding hydrogens is 332 g/mol. The van der Waals surface area contributed by atoms with Crippen LogP contribution in [-0.2, 0) is 11.3 Å². The highest BCUT2D eigenvalue weighted by atomic mass is 32.2. The Kier molecular flexibility index (Phi) is 4.80. The van der Waals surface area contributed by atoms with E-state index in [1.54, 1.807) is 24.3 Å². The lowest BCUT2D eigenvalue weighted by molar-refractivity contribution is -0.116. The molecule has 0 saturated heterocycles. The number of imidazole rings is 1. The van der Waals surface area contributed by atoms with Crippen LogP contribution in [0.2, 0.25) is 0 Å². The van der Waals surface area contributed by atoms with E-state index < -0.39 is 5.76 Å². The number of halogens is 2. The van der Waals surface area contributed by atoms with Crippen molar-refractivity contribution in [3.05, 3.63) is 54.4 Å². The van der Waals surface area contributed by atoms with Gasteiger partial charge in [0.1, 0.15) is 12.4 Å². The first-order valence-corrected chi connectivity index (χ1v) is 8.17. The Morgan fingerprint density at radius 3 is 2.62 bits per heavy atom. The quantitative estimate of drug-likeness (QED) is 0.700. The van der Waals surface area contributed by atoms with Gasteiger partial charge in [0.2, 0.25) is 5.91 Å². The third kappa shape index (κ3) is 3.73. The summed E-state index contributed by atoms with van der Waals surface area (Å²) in [6.07, 6.45) is 0. The van der Waals surface area contributed by atoms with Gasteiger partial charge in [-0.15, -0.1) is 0 Å². The van der Waals surface area contributed by atoms with Gasteiger partial charge < -0.3 is 9.88 Å². The lowest BCUT2D eigenvalue weighted by atomic mass is 10.3. The maximum atomic E-state index is 12.3. The van der Waals surface area contributed by atoms with Gasteiger partial charge in [0.15, 0.2) is 0 Å². The number of hydrogen-bond acceptors (Lipinski definition) is 3. The summed E-state index contributed by atoms with van der Waals surface area (Å²) in [5.74, 6) is -1.89. The number of rotatable bonds is 5. The molecule has 0 fully saturated rings. The topological polar surface area (TPSA) is 46.9 Å². The molecule has 3 aromatic rings. The number of para-hydroxylation sites is 2. The van der Waals surface area contributed by atoms with Crippen molar-refractivity contribution in [2.75, 3.05) is 5.32 Å². The number of thioether (sulfide) groups is 1. The number of carbonyl (C=O) groups is 1. The van der Waals surface area contributed by atoms with Crippen LogP contribution in [0.25, 0.3) is 11.0 Å². The van der Waals surface area contributed by atoms with E-state index in [1.165, 1.54) is 0 Å². The van der Waals surface area contributed by atoms with E-state index in [4.69, 9.17) is 0 Å². The van der Waals surface area contributed by atoms with E-state index in [0.717, 1.165) is 16.9 Å². The number of fused-ring (bicyclic) bond motifs is 1. The Morgan fingerprint density at radius 1 is 1.21 bits per heavy atom. The summed E-state index contributed by atoms with van der Waals surface area (Å²) in [5, 5.41) is 2.77. The lowest BCUT2D eigenvalue weighted by Crippen LogP contribution is -2.19. The number of alkyl halides is 2. The van der Waals surface area contributed by atoms with Crippen LogP contribution >= 0.6 is 11.8 Å². The molecule has 0 unspecified atom stereocenters. The first kappa shape index (κ1) is 16.4. The molecule has 24 heavy (non-hydrogen) atoms. The predicted molar refractivity (Wildman–Crippen MR) is 91.4 cm³/mol. The van der Waals surface area contributed by atoms with Crippen LogP contribution in [0.4, 0.5) is 14.5 Å². The summed E-state index contributed by atoms with van der Waals surface area (Å²) < 4.78 is 26.4. The highest BCUT2D eigenvalue weighted by Gasteiger charge is 2.11. The van der Waals surface area contributed by atoms with Crippen LogP contribution in [0.3, 0.4) is 0 Å². The number of benzene rings is 2. The summed E-state index contributed by atoms with van der Waals surface area (Å²) in [6, 6.07) is 14.0. The van der Waals surface area contributed by atoms with Gasteiger partial charge >= 0.3 is 0 Å². The minimum absolute atomic E-state index is 0.139. The van der Waals surface area contributed by atoms with Crippen molar-refractivity contribution < 1.29 is 13.6 Å². The summed E-state index contributed by atoms with van der Waals surface area (Å²) in [4.78, 5) is 17.1. The molecule has 0 spiro atoms. The summed E-state index contributed by atoms with van der Waals surface area (Å²) in [6.45, 7) is 1.99. The van der Waals surface area contributed by atoms with Gasteiger partial charge in [-0.25, -0.2) is 4.98 Å². The molecule has 0 aliphatic rings. The van der Waals surface area contributed by atoms with Crippen molar-refractivity contribution in [1.29, 1.82) is 0 Å². The van der Waals surface area contributed by atoms with Gasteiger partial charge in [0.05, 0.1) is 11.0 Å². The van der Waals surface area contributed by atoms with Crippen molar-refractivity contribution in [3.8, 4) is 0 Å². The first-order chi connectivity index (χ1) is 11.5. The molecule has 1 aromatic heterocycles. The molecule has 7 heteroatoms. The van der Waals surface area contributed by atoms with E-state index in [2.05, 4.69) is 10.3 Å². The molecular formula is C17H15F2N3OS. The van der Waals surface area contributed by atoms with E-state index in [9.17, 15) is 13.6 Å². The number of nitrogens with one attached hydrogen (secondary N) is 1. The fraction of sp³-hybridized carbons (Fsp3) is 0.176. The fourth-order valence-corrected chi connectivity index (χ4v) is 2.96. The third-order valence-corrected chi connectivity index (χ3v) is 4.23. The van der Waals surface area contributed by atoms with Gasteiger partial charge in [-0.1, -0.05) is 23.9 Å². The highest BCUT2D eigenvalue weighted by Crippen LogP contribution is 2.26. The van der Waals surface area contributed by atoms with Crippen LogP contribution in [0.1, 0.15) is 5.82 Å². The van der Waals surface area contributed by atoms with Gasteiger partial charge in [-0.2, -0.15) is 8.78 Å². The van der Waals surface area contributed by atoms with Crippen LogP contribution in [0, 0.1) is 6.92 Å². The lowest BCUT2D eigenvalue weighted by Gasteiger charge is -2.09. The van der Waals surface area contributed by atoms with Crippen LogP contribution in [0.15, 0.2) is 53.4 Å². The second kappa shape index (κ2) is 7.00. The maximum absolute atomic E-state index is 12.3. The molecule has 0 radical (unpaired) electrons. The molecule has 1 N–H and O–H groups in total. The van der Waals surface area contributed by atoms with Crippen LogP contribution < -0.4 is 5.32 Å². The smallest absolute Gasteiger partial charge is 0.288 e. The third-order valence-electron chi connectivity index (χ3n) is 3.51. The normalized spacial score (nSPS) is 11.2. The summed E-state index contributed by atoms with van der Waals surface area (Å²) in [7, 11) is 0. The van der Waals surface area contributed by atoms with E-state index in [-0.39, 0.29) is 12.5 Å². The summed E-state index contributed by atoms with van der Waals surface area (Å²) >= 11 is 0.475. The largest absolute Gasteiger partial charge is 0.325 e. The Labute approximate surface area is 141 Å². The van der Waals surface area contributed by atoms with Gasteiger partial charge in [-0.05, 0) is 43.3 Å². The molecule has 4 nitrogen and oxygen atoms in total. The first-order valence-electron chi connectivity index (χ1n) is 7.29. The SMILES string of the molecule is Cc1nc2ccccc2n1CC(=O)Nc1ccc(SC(F)F)cc1. The second-order valence-electron chi connectivity index (χ2n) is 5.18. The number of anilines is 1. The molecule has 3 rings (SSSR count). The number of aryl methyl sites for hydroxylation is 1. The molecule has 1 amide bonds. The van der Waals surface area contributed by atoms with Crippen LogP contribution in [0.5, 0.6) is 0 Å². The molecule has 0 aliphatic heterocycles. The molecule has 1 heterocycles.